The lowest BCUT2D eigenvalue weighted by Gasteiger charge is -2.45. The van der Waals surface area contributed by atoms with E-state index in [1.54, 1.807) is 11.8 Å². The first-order valence-electron chi connectivity index (χ1n) is 11.3. The van der Waals surface area contributed by atoms with Gasteiger partial charge in [0.15, 0.2) is 0 Å². The van der Waals surface area contributed by atoms with Crippen molar-refractivity contribution in [3.8, 4) is 11.8 Å². The molecular weight excluding hydrogens is 434 g/mol. The van der Waals surface area contributed by atoms with Gasteiger partial charge in [-0.25, -0.2) is 0 Å². The van der Waals surface area contributed by atoms with E-state index in [4.69, 9.17) is 11.6 Å². The van der Waals surface area contributed by atoms with Gasteiger partial charge < -0.3 is 15.1 Å². The minimum Gasteiger partial charge on any atom is -0.374 e. The third-order valence-electron chi connectivity index (χ3n) is 7.05. The third-order valence-corrected chi connectivity index (χ3v) is 7.46. The molecule has 1 saturated heterocycles. The predicted molar refractivity (Wildman–Crippen MR) is 134 cm³/mol. The Morgan fingerprint density at radius 1 is 1.18 bits per heavy atom. The molecule has 0 aliphatic carbocycles. The van der Waals surface area contributed by atoms with Crippen LogP contribution in [0.4, 0.5) is 11.4 Å². The molecule has 1 atom stereocenters. The fraction of sp³-hybridized carbons (Fsp3) is 0.407. The van der Waals surface area contributed by atoms with Crippen LogP contribution in [0, 0.1) is 18.8 Å². The van der Waals surface area contributed by atoms with E-state index < -0.39 is 11.0 Å². The van der Waals surface area contributed by atoms with Crippen LogP contribution in [0.15, 0.2) is 36.4 Å². The smallest absolute Gasteiger partial charge is 0.298 e. The van der Waals surface area contributed by atoms with Crippen LogP contribution < -0.4 is 10.2 Å². The van der Waals surface area contributed by atoms with Crippen molar-refractivity contribution in [2.45, 2.75) is 51.5 Å². The summed E-state index contributed by atoms with van der Waals surface area (Å²) in [4.78, 5) is 29.0. The van der Waals surface area contributed by atoms with Crippen LogP contribution in [0.3, 0.4) is 0 Å². The Labute approximate surface area is 201 Å². The lowest BCUT2D eigenvalue weighted by atomic mass is 9.79. The highest BCUT2D eigenvalue weighted by molar-refractivity contribution is 6.31. The summed E-state index contributed by atoms with van der Waals surface area (Å²) in [6.07, 6.45) is 1.68. The molecular formula is C27H30ClN3O2. The number of hydrogen-bond donors (Lipinski definition) is 1. The summed E-state index contributed by atoms with van der Waals surface area (Å²) in [5.74, 6) is 5.34. The molecule has 5 nitrogen and oxygen atoms in total. The van der Waals surface area contributed by atoms with Gasteiger partial charge in [-0.1, -0.05) is 35.7 Å². The first kappa shape index (κ1) is 23.2. The van der Waals surface area contributed by atoms with Gasteiger partial charge in [0, 0.05) is 36.5 Å². The quantitative estimate of drug-likeness (QED) is 0.661. The van der Waals surface area contributed by atoms with Crippen LogP contribution in [-0.4, -0.2) is 36.9 Å². The molecule has 1 N–H and O–H groups in total. The molecule has 0 bridgehead atoms. The normalized spacial score (nSPS) is 21.3. The van der Waals surface area contributed by atoms with Crippen LogP contribution in [0.5, 0.6) is 0 Å². The average Bonchev–Trinajstić information content (AvgIpc) is 2.95. The minimum atomic E-state index is -0.545. The van der Waals surface area contributed by atoms with E-state index in [1.807, 2.05) is 63.1 Å². The van der Waals surface area contributed by atoms with E-state index in [-0.39, 0.29) is 11.8 Å². The molecule has 6 heteroatoms. The lowest BCUT2D eigenvalue weighted by molar-refractivity contribution is -0.127. The number of likely N-dealkylation sites (tertiary alicyclic amines) is 1. The minimum absolute atomic E-state index is 0.0858. The number of benzene rings is 2. The van der Waals surface area contributed by atoms with Crippen LogP contribution in [0.2, 0.25) is 5.02 Å². The predicted octanol–water partition coefficient (Wildman–Crippen LogP) is 4.86. The maximum atomic E-state index is 12.8. The summed E-state index contributed by atoms with van der Waals surface area (Å²) in [5.41, 5.74) is 3.83. The van der Waals surface area contributed by atoms with E-state index >= 15 is 0 Å². The highest BCUT2D eigenvalue weighted by atomic mass is 35.5. The van der Waals surface area contributed by atoms with Gasteiger partial charge in [0.25, 0.3) is 5.91 Å². The van der Waals surface area contributed by atoms with Gasteiger partial charge in [0.05, 0.1) is 11.0 Å². The molecule has 0 saturated carbocycles. The highest BCUT2D eigenvalue weighted by Crippen LogP contribution is 2.44. The number of anilines is 2. The van der Waals surface area contributed by atoms with E-state index in [0.717, 1.165) is 40.9 Å². The summed E-state index contributed by atoms with van der Waals surface area (Å²) < 4.78 is 0. The zero-order valence-electron chi connectivity index (χ0n) is 19.9. The topological polar surface area (TPSA) is 52.7 Å². The lowest BCUT2D eigenvalue weighted by Crippen LogP contribution is -2.52. The van der Waals surface area contributed by atoms with E-state index in [1.165, 1.54) is 0 Å². The number of nitrogens with zero attached hydrogens (tertiary/aromatic N) is 2. The van der Waals surface area contributed by atoms with Gasteiger partial charge in [-0.2, -0.15) is 0 Å². The number of piperidine rings is 1. The van der Waals surface area contributed by atoms with Crippen LogP contribution in [-0.2, 0) is 20.5 Å². The van der Waals surface area contributed by atoms with Crippen molar-refractivity contribution in [2.24, 2.45) is 0 Å². The van der Waals surface area contributed by atoms with Crippen molar-refractivity contribution in [1.29, 1.82) is 0 Å². The van der Waals surface area contributed by atoms with Gasteiger partial charge in [-0.15, -0.1) is 0 Å². The Kier molecular flexibility index (Phi) is 5.92. The van der Waals surface area contributed by atoms with Crippen molar-refractivity contribution in [2.75, 3.05) is 30.4 Å². The molecule has 2 heterocycles. The van der Waals surface area contributed by atoms with Crippen LogP contribution >= 0.6 is 11.6 Å². The first-order valence-corrected chi connectivity index (χ1v) is 11.7. The maximum Gasteiger partial charge on any atom is 0.298 e. The second kappa shape index (κ2) is 8.43. The first-order chi connectivity index (χ1) is 15.6. The van der Waals surface area contributed by atoms with Crippen molar-refractivity contribution in [3.63, 3.8) is 0 Å². The van der Waals surface area contributed by atoms with E-state index in [9.17, 15) is 9.59 Å². The third kappa shape index (κ3) is 3.87. The number of likely N-dealkylation sites (N-methyl/N-ethyl adjacent to an activating group) is 1. The highest BCUT2D eigenvalue weighted by Gasteiger charge is 2.43. The summed E-state index contributed by atoms with van der Waals surface area (Å²) in [7, 11) is 1.82. The molecule has 2 aromatic carbocycles. The number of halogens is 1. The molecule has 0 unspecified atom stereocenters. The van der Waals surface area contributed by atoms with Crippen molar-refractivity contribution in [1.82, 2.24) is 4.90 Å². The molecule has 0 aromatic heterocycles. The molecule has 33 heavy (non-hydrogen) atoms. The van der Waals surface area contributed by atoms with Gasteiger partial charge in [-0.05, 0) is 81.3 Å². The maximum absolute atomic E-state index is 12.8. The standard InChI is InChI=1S/C27H30ClN3O2/c1-6-9-24(32)31-15-8-14-27(17-31,20-10-7-11-22(28)18(20)2)29-19-12-13-21-23(16-19)30(5)25(33)26(21,3)4/h7,10-13,16,29H,8,14-15,17H2,1-5H3/t27-/m1/s1. The Morgan fingerprint density at radius 3 is 2.67 bits per heavy atom. The number of nitrogens with one attached hydrogen (secondary N) is 1. The molecule has 4 rings (SSSR count). The molecule has 2 aliphatic rings. The van der Waals surface area contributed by atoms with E-state index in [0.29, 0.717) is 18.1 Å². The number of amides is 2. The second-order valence-electron chi connectivity index (χ2n) is 9.55. The van der Waals surface area contributed by atoms with Gasteiger partial charge in [-0.3, -0.25) is 9.59 Å². The van der Waals surface area contributed by atoms with E-state index in [2.05, 4.69) is 23.2 Å². The summed E-state index contributed by atoms with van der Waals surface area (Å²) in [6.45, 7) is 8.77. The zero-order chi connectivity index (χ0) is 24.0. The fourth-order valence-electron chi connectivity index (χ4n) is 5.27. The molecule has 172 valence electrons. The SMILES string of the molecule is CC#CC(=O)N1CCC[C@](Nc2ccc3c(c2)N(C)C(=O)C3(C)C)(c2cccc(Cl)c2C)C1. The van der Waals surface area contributed by atoms with Crippen molar-refractivity contribution < 1.29 is 9.59 Å². The van der Waals surface area contributed by atoms with Crippen molar-refractivity contribution >= 4 is 34.8 Å². The Balaban J connectivity index is 1.79. The molecule has 2 aromatic rings. The number of hydrogen-bond acceptors (Lipinski definition) is 3. The number of fused-ring (bicyclic) bond motifs is 1. The average molecular weight is 464 g/mol. The van der Waals surface area contributed by atoms with Gasteiger partial charge >= 0.3 is 0 Å². The Hall–Kier alpha value is -2.97. The summed E-state index contributed by atoms with van der Waals surface area (Å²) in [5, 5.41) is 4.46. The monoisotopic (exact) mass is 463 g/mol. The second-order valence-corrected chi connectivity index (χ2v) is 9.95. The van der Waals surface area contributed by atoms with Crippen LogP contribution in [0.1, 0.15) is 50.3 Å². The number of rotatable bonds is 3. The number of carbonyl (C=O) groups is 2. The Morgan fingerprint density at radius 2 is 1.94 bits per heavy atom. The molecule has 1 fully saturated rings. The molecule has 2 amide bonds. The zero-order valence-corrected chi connectivity index (χ0v) is 20.6. The summed E-state index contributed by atoms with van der Waals surface area (Å²) in [6, 6.07) is 12.0. The summed E-state index contributed by atoms with van der Waals surface area (Å²) >= 11 is 6.52. The molecule has 2 aliphatic heterocycles. The Bertz CT molecular complexity index is 1190. The van der Waals surface area contributed by atoms with Crippen molar-refractivity contribution in [3.05, 3.63) is 58.1 Å². The molecule has 0 spiro atoms. The van der Waals surface area contributed by atoms with Gasteiger partial charge in [0.2, 0.25) is 5.91 Å². The fourth-order valence-corrected chi connectivity index (χ4v) is 5.44. The number of carbonyl (C=O) groups excluding carboxylic acids is 2. The largest absolute Gasteiger partial charge is 0.374 e. The van der Waals surface area contributed by atoms with Gasteiger partial charge in [0.1, 0.15) is 0 Å². The van der Waals surface area contributed by atoms with Crippen LogP contribution in [0.25, 0.3) is 0 Å². The molecule has 0 radical (unpaired) electrons.